The van der Waals surface area contributed by atoms with Crippen LogP contribution in [0.15, 0.2) is 55.8 Å². The topological polar surface area (TPSA) is 43.4 Å². The van der Waals surface area contributed by atoms with Gasteiger partial charge in [0.1, 0.15) is 5.75 Å². The van der Waals surface area contributed by atoms with Crippen molar-refractivity contribution in [2.45, 2.75) is 45.1 Å². The van der Waals surface area contributed by atoms with Gasteiger partial charge in [0.15, 0.2) is 6.61 Å². The van der Waals surface area contributed by atoms with Gasteiger partial charge in [0, 0.05) is 23.5 Å². The van der Waals surface area contributed by atoms with E-state index in [-0.39, 0.29) is 17.3 Å². The molecule has 0 saturated heterocycles. The highest BCUT2D eigenvalue weighted by atomic mass is 19.3. The number of methoxy groups -OCH3 is 1. The number of hydrogen-bond donors (Lipinski definition) is 1. The van der Waals surface area contributed by atoms with Gasteiger partial charge < -0.3 is 14.8 Å². The lowest BCUT2D eigenvalue weighted by atomic mass is 9.86. The molecule has 30 heavy (non-hydrogen) atoms. The van der Waals surface area contributed by atoms with Gasteiger partial charge in [-0.1, -0.05) is 46.1 Å². The monoisotopic (exact) mass is 416 g/mol. The van der Waals surface area contributed by atoms with Gasteiger partial charge in [0.05, 0.1) is 13.2 Å². The summed E-state index contributed by atoms with van der Waals surface area (Å²) in [6.07, 6.45) is 2.15. The molecular formula is C24H30F2N2O2. The number of aromatic nitrogens is 1. The van der Waals surface area contributed by atoms with E-state index in [1.165, 1.54) is 5.56 Å². The van der Waals surface area contributed by atoms with Crippen LogP contribution in [0.2, 0.25) is 0 Å². The molecule has 0 fully saturated rings. The molecule has 0 aliphatic carbocycles. The van der Waals surface area contributed by atoms with Crippen LogP contribution in [0.1, 0.15) is 50.4 Å². The lowest BCUT2D eigenvalue weighted by Gasteiger charge is -2.23. The van der Waals surface area contributed by atoms with E-state index >= 15 is 0 Å². The molecule has 6 heteroatoms. The third-order valence-electron chi connectivity index (χ3n) is 4.75. The molecule has 2 aromatic rings. The summed E-state index contributed by atoms with van der Waals surface area (Å²) >= 11 is 0. The molecule has 0 aliphatic rings. The summed E-state index contributed by atoms with van der Waals surface area (Å²) in [5.74, 6) is -2.21. The Morgan fingerprint density at radius 3 is 2.47 bits per heavy atom. The van der Waals surface area contributed by atoms with Crippen LogP contribution in [0.3, 0.4) is 0 Å². The van der Waals surface area contributed by atoms with Gasteiger partial charge in [-0.2, -0.15) is 8.78 Å². The maximum atomic E-state index is 13.2. The van der Waals surface area contributed by atoms with Crippen LogP contribution in [-0.2, 0) is 5.41 Å². The first kappa shape index (κ1) is 23.4. The quantitative estimate of drug-likeness (QED) is 0.516. The van der Waals surface area contributed by atoms with E-state index in [9.17, 15) is 8.78 Å². The van der Waals surface area contributed by atoms with Gasteiger partial charge in [-0.3, -0.25) is 0 Å². The highest BCUT2D eigenvalue weighted by molar-refractivity contribution is 5.68. The molecule has 4 nitrogen and oxygen atoms in total. The lowest BCUT2D eigenvalue weighted by Crippen LogP contribution is -2.22. The van der Waals surface area contributed by atoms with Gasteiger partial charge >= 0.3 is 0 Å². The van der Waals surface area contributed by atoms with E-state index < -0.39 is 12.5 Å². The van der Waals surface area contributed by atoms with Crippen LogP contribution in [-0.4, -0.2) is 24.6 Å². The van der Waals surface area contributed by atoms with Crippen LogP contribution >= 0.6 is 0 Å². The average Bonchev–Trinajstić information content (AvgIpc) is 2.71. The number of hydrogen-bond acceptors (Lipinski definition) is 4. The predicted octanol–water partition coefficient (Wildman–Crippen LogP) is 5.91. The van der Waals surface area contributed by atoms with Crippen molar-refractivity contribution in [1.29, 1.82) is 0 Å². The van der Waals surface area contributed by atoms with E-state index in [0.29, 0.717) is 11.8 Å². The summed E-state index contributed by atoms with van der Waals surface area (Å²) in [6, 6.07) is 9.33. The number of benzene rings is 1. The summed E-state index contributed by atoms with van der Waals surface area (Å²) in [5.41, 5.74) is 3.64. The highest BCUT2D eigenvalue weighted by Gasteiger charge is 2.25. The molecule has 2 rings (SSSR count). The zero-order chi connectivity index (χ0) is 22.5. The molecular weight excluding hydrogens is 386 g/mol. The second-order valence-electron chi connectivity index (χ2n) is 8.19. The summed E-state index contributed by atoms with van der Waals surface area (Å²) < 4.78 is 37.0. The fourth-order valence-electron chi connectivity index (χ4n) is 2.79. The molecule has 1 heterocycles. The van der Waals surface area contributed by atoms with Crippen LogP contribution in [0, 0.1) is 0 Å². The van der Waals surface area contributed by atoms with Crippen molar-refractivity contribution >= 4 is 5.70 Å². The number of ether oxygens (including phenoxy) is 2. The summed E-state index contributed by atoms with van der Waals surface area (Å²) in [7, 11) is 1.64. The molecule has 0 radical (unpaired) electrons. The zero-order valence-electron chi connectivity index (χ0n) is 18.3. The molecule has 0 aliphatic heterocycles. The second-order valence-corrected chi connectivity index (χ2v) is 8.19. The minimum Gasteiger partial charge on any atom is -0.496 e. The first-order valence-corrected chi connectivity index (χ1v) is 9.71. The van der Waals surface area contributed by atoms with E-state index in [2.05, 4.69) is 50.3 Å². The fraction of sp³-hybridized carbons (Fsp3) is 0.375. The first-order chi connectivity index (χ1) is 14.0. The van der Waals surface area contributed by atoms with Crippen molar-refractivity contribution < 1.29 is 18.3 Å². The molecule has 0 spiro atoms. The highest BCUT2D eigenvalue weighted by Crippen LogP contribution is 2.32. The Kier molecular flexibility index (Phi) is 7.24. The van der Waals surface area contributed by atoms with E-state index in [0.717, 1.165) is 16.9 Å². The average molecular weight is 417 g/mol. The molecule has 1 N–H and O–H groups in total. The van der Waals surface area contributed by atoms with E-state index in [1.54, 1.807) is 25.4 Å². The van der Waals surface area contributed by atoms with E-state index in [4.69, 9.17) is 9.47 Å². The summed E-state index contributed by atoms with van der Waals surface area (Å²) in [5, 5.41) is 3.34. The van der Waals surface area contributed by atoms with Crippen molar-refractivity contribution in [2.24, 2.45) is 0 Å². The number of nitrogens with zero attached hydrogens (tertiary/aromatic N) is 1. The summed E-state index contributed by atoms with van der Waals surface area (Å²) in [4.78, 5) is 4.11. The van der Waals surface area contributed by atoms with Crippen LogP contribution in [0.4, 0.5) is 8.78 Å². The van der Waals surface area contributed by atoms with Gasteiger partial charge in [0.2, 0.25) is 5.88 Å². The van der Waals surface area contributed by atoms with Gasteiger partial charge in [-0.15, -0.1) is 0 Å². The van der Waals surface area contributed by atoms with Gasteiger partial charge in [-0.25, -0.2) is 4.98 Å². The molecule has 0 unspecified atom stereocenters. The Bertz CT molecular complexity index is 887. The molecule has 162 valence electrons. The van der Waals surface area contributed by atoms with Gasteiger partial charge in [-0.05, 0) is 41.7 Å². The molecule has 0 bridgehead atoms. The maximum absolute atomic E-state index is 13.2. The maximum Gasteiger partial charge on any atom is 0.299 e. The number of pyridine rings is 1. The normalized spacial score (nSPS) is 12.8. The first-order valence-electron chi connectivity index (χ1n) is 9.71. The molecule has 0 saturated carbocycles. The van der Waals surface area contributed by atoms with Crippen molar-refractivity contribution in [2.75, 3.05) is 13.7 Å². The minimum atomic E-state index is -3.09. The van der Waals surface area contributed by atoms with E-state index in [1.807, 2.05) is 19.1 Å². The fourth-order valence-corrected chi connectivity index (χ4v) is 2.79. The SMILES string of the molecule is C=CC(F)(F)COc1ccc([C@@H](C)NC(=C)c2ccc(C(C)(C)C)cc2OC)cn1. The number of alkyl halides is 2. The molecule has 0 amide bonds. The standard InChI is InChI=1S/C24H30F2N2O2/c1-8-24(25,26)15-30-22-12-9-18(14-27-22)16(2)28-17(3)20-11-10-19(23(4,5)6)13-21(20)29-7/h8-14,16,28H,1,3,15H2,2,4-7H3/t16-/m1/s1. The van der Waals surface area contributed by atoms with Crippen LogP contribution < -0.4 is 14.8 Å². The Morgan fingerprint density at radius 2 is 1.93 bits per heavy atom. The Hall–Kier alpha value is -2.89. The lowest BCUT2D eigenvalue weighted by molar-refractivity contribution is 0.00393. The van der Waals surface area contributed by atoms with Gasteiger partial charge in [0.25, 0.3) is 5.92 Å². The van der Waals surface area contributed by atoms with Crippen LogP contribution in [0.5, 0.6) is 11.6 Å². The molecule has 1 atom stereocenters. The smallest absolute Gasteiger partial charge is 0.299 e. The largest absolute Gasteiger partial charge is 0.496 e. The number of rotatable bonds is 9. The number of halogens is 2. The van der Waals surface area contributed by atoms with Crippen molar-refractivity contribution in [3.05, 3.63) is 72.5 Å². The Morgan fingerprint density at radius 1 is 1.23 bits per heavy atom. The summed E-state index contributed by atoms with van der Waals surface area (Å²) in [6.45, 7) is 14.8. The van der Waals surface area contributed by atoms with Crippen molar-refractivity contribution in [3.63, 3.8) is 0 Å². The van der Waals surface area contributed by atoms with Crippen molar-refractivity contribution in [3.8, 4) is 11.6 Å². The van der Waals surface area contributed by atoms with Crippen LogP contribution in [0.25, 0.3) is 5.70 Å². The van der Waals surface area contributed by atoms with Crippen molar-refractivity contribution in [1.82, 2.24) is 10.3 Å². The minimum absolute atomic E-state index is 0.0129. The molecule has 1 aromatic carbocycles. The number of nitrogens with one attached hydrogen (secondary N) is 1. The Balaban J connectivity index is 2.08. The third-order valence-corrected chi connectivity index (χ3v) is 4.75. The Labute approximate surface area is 177 Å². The second kappa shape index (κ2) is 9.28. The third kappa shape index (κ3) is 6.05. The predicted molar refractivity (Wildman–Crippen MR) is 117 cm³/mol. The molecule has 1 aromatic heterocycles. The zero-order valence-corrected chi connectivity index (χ0v) is 18.3.